The number of rotatable bonds is 4. The maximum absolute atomic E-state index is 12.7. The minimum Gasteiger partial charge on any atom is -0.459 e. The third-order valence-electron chi connectivity index (χ3n) is 4.22. The molecular formula is C19H19N5O2. The lowest BCUT2D eigenvalue weighted by atomic mass is 10.1. The molecule has 132 valence electrons. The second-order valence-electron chi connectivity index (χ2n) is 6.54. The van der Waals surface area contributed by atoms with Crippen LogP contribution < -0.4 is 5.32 Å². The Bertz CT molecular complexity index is 1080. The Balaban J connectivity index is 1.61. The number of furan rings is 1. The van der Waals surface area contributed by atoms with Gasteiger partial charge in [0, 0.05) is 29.5 Å². The van der Waals surface area contributed by atoms with Crippen LogP contribution in [0.15, 0.2) is 41.2 Å². The number of nitrogens with zero attached hydrogens (tertiary/aromatic N) is 4. The van der Waals surface area contributed by atoms with Crippen LogP contribution in [0.25, 0.3) is 22.0 Å². The van der Waals surface area contributed by atoms with Crippen molar-refractivity contribution in [2.24, 2.45) is 0 Å². The zero-order valence-electron chi connectivity index (χ0n) is 14.9. The van der Waals surface area contributed by atoms with Gasteiger partial charge in [0.2, 0.25) is 0 Å². The van der Waals surface area contributed by atoms with Crippen molar-refractivity contribution in [1.82, 2.24) is 25.1 Å². The van der Waals surface area contributed by atoms with Gasteiger partial charge < -0.3 is 9.73 Å². The van der Waals surface area contributed by atoms with E-state index >= 15 is 0 Å². The van der Waals surface area contributed by atoms with Crippen molar-refractivity contribution in [3.63, 3.8) is 0 Å². The summed E-state index contributed by atoms with van der Waals surface area (Å²) in [4.78, 5) is 21.4. The zero-order chi connectivity index (χ0) is 18.3. The Labute approximate surface area is 150 Å². The Hall–Kier alpha value is -3.22. The summed E-state index contributed by atoms with van der Waals surface area (Å²) in [5.74, 6) is 0.503. The Morgan fingerprint density at radius 2 is 2.15 bits per heavy atom. The van der Waals surface area contributed by atoms with Crippen LogP contribution in [0.4, 0.5) is 0 Å². The van der Waals surface area contributed by atoms with E-state index in [1.165, 1.54) is 0 Å². The minimum absolute atomic E-state index is 0.168. The number of amides is 1. The quantitative estimate of drug-likeness (QED) is 0.610. The molecule has 0 aromatic carbocycles. The van der Waals surface area contributed by atoms with Crippen molar-refractivity contribution in [2.75, 3.05) is 0 Å². The molecule has 1 amide bonds. The van der Waals surface area contributed by atoms with Crippen molar-refractivity contribution in [2.45, 2.75) is 33.4 Å². The molecule has 4 heterocycles. The molecule has 0 unspecified atom stereocenters. The molecular weight excluding hydrogens is 330 g/mol. The molecule has 0 aliphatic carbocycles. The highest BCUT2D eigenvalue weighted by Crippen LogP contribution is 2.22. The van der Waals surface area contributed by atoms with Crippen LogP contribution in [0, 0.1) is 6.92 Å². The predicted octanol–water partition coefficient (Wildman–Crippen LogP) is 3.39. The topological polar surface area (TPSA) is 85.8 Å². The molecule has 4 rings (SSSR count). The van der Waals surface area contributed by atoms with E-state index in [1.807, 2.05) is 31.5 Å². The van der Waals surface area contributed by atoms with Gasteiger partial charge in [0.15, 0.2) is 5.65 Å². The number of carbonyl (C=O) groups is 1. The monoisotopic (exact) mass is 349 g/mol. The lowest BCUT2D eigenvalue weighted by molar-refractivity contribution is 0.0949. The van der Waals surface area contributed by atoms with E-state index in [1.54, 1.807) is 30.7 Å². The van der Waals surface area contributed by atoms with E-state index in [2.05, 4.69) is 20.4 Å². The fourth-order valence-corrected chi connectivity index (χ4v) is 3.00. The number of fused-ring (bicyclic) bond motifs is 2. The van der Waals surface area contributed by atoms with Gasteiger partial charge in [-0.05, 0) is 39.0 Å². The number of pyridine rings is 2. The van der Waals surface area contributed by atoms with Gasteiger partial charge in [-0.1, -0.05) is 0 Å². The Morgan fingerprint density at radius 1 is 1.31 bits per heavy atom. The molecule has 0 bridgehead atoms. The summed E-state index contributed by atoms with van der Waals surface area (Å²) in [6.45, 7) is 6.24. The first kappa shape index (κ1) is 16.3. The van der Waals surface area contributed by atoms with Gasteiger partial charge >= 0.3 is 0 Å². The molecule has 0 spiro atoms. The largest absolute Gasteiger partial charge is 0.459 e. The summed E-state index contributed by atoms with van der Waals surface area (Å²) >= 11 is 0. The Morgan fingerprint density at radius 3 is 2.92 bits per heavy atom. The lowest BCUT2D eigenvalue weighted by Gasteiger charge is -2.09. The number of carbonyl (C=O) groups excluding carboxylic acids is 1. The molecule has 4 aromatic heterocycles. The van der Waals surface area contributed by atoms with Gasteiger partial charge in [-0.2, -0.15) is 5.10 Å². The van der Waals surface area contributed by atoms with Crippen molar-refractivity contribution in [3.05, 3.63) is 53.8 Å². The summed E-state index contributed by atoms with van der Waals surface area (Å²) in [5.41, 5.74) is 2.82. The maximum atomic E-state index is 12.7. The lowest BCUT2D eigenvalue weighted by Crippen LogP contribution is -2.23. The molecule has 0 saturated carbocycles. The highest BCUT2D eigenvalue weighted by atomic mass is 16.3. The Kier molecular flexibility index (Phi) is 3.91. The van der Waals surface area contributed by atoms with Crippen molar-refractivity contribution in [1.29, 1.82) is 0 Å². The first-order chi connectivity index (χ1) is 12.5. The number of hydrogen-bond acceptors (Lipinski definition) is 5. The first-order valence-corrected chi connectivity index (χ1v) is 8.48. The summed E-state index contributed by atoms with van der Waals surface area (Å²) < 4.78 is 7.54. The van der Waals surface area contributed by atoms with Crippen molar-refractivity contribution >= 4 is 27.9 Å². The normalized spacial score (nSPS) is 11.5. The smallest absolute Gasteiger partial charge is 0.252 e. The summed E-state index contributed by atoms with van der Waals surface area (Å²) in [7, 11) is 0. The maximum Gasteiger partial charge on any atom is 0.252 e. The molecule has 0 atom stereocenters. The zero-order valence-corrected chi connectivity index (χ0v) is 14.9. The van der Waals surface area contributed by atoms with Crippen molar-refractivity contribution < 1.29 is 9.21 Å². The van der Waals surface area contributed by atoms with Crippen LogP contribution in [-0.2, 0) is 6.54 Å². The van der Waals surface area contributed by atoms with Gasteiger partial charge in [0.25, 0.3) is 5.91 Å². The molecule has 0 fully saturated rings. The fourth-order valence-electron chi connectivity index (χ4n) is 3.00. The highest BCUT2D eigenvalue weighted by molar-refractivity contribution is 6.05. The summed E-state index contributed by atoms with van der Waals surface area (Å²) in [6.07, 6.45) is 5.11. The highest BCUT2D eigenvalue weighted by Gasteiger charge is 2.17. The molecule has 0 saturated heterocycles. The molecule has 1 N–H and O–H groups in total. The van der Waals surface area contributed by atoms with Gasteiger partial charge in [0.1, 0.15) is 11.3 Å². The van der Waals surface area contributed by atoms with Crippen LogP contribution in [0.1, 0.15) is 41.7 Å². The van der Waals surface area contributed by atoms with E-state index in [-0.39, 0.29) is 11.9 Å². The molecule has 4 aromatic rings. The van der Waals surface area contributed by atoms with E-state index in [0.29, 0.717) is 17.9 Å². The van der Waals surface area contributed by atoms with Gasteiger partial charge in [-0.15, -0.1) is 0 Å². The molecule has 7 heteroatoms. The van der Waals surface area contributed by atoms with Crippen LogP contribution in [0.5, 0.6) is 0 Å². The number of aryl methyl sites for hydroxylation is 1. The summed E-state index contributed by atoms with van der Waals surface area (Å²) in [5, 5.41) is 8.95. The minimum atomic E-state index is -0.178. The van der Waals surface area contributed by atoms with Gasteiger partial charge in [-0.3, -0.25) is 9.78 Å². The average molecular weight is 349 g/mol. The molecule has 7 nitrogen and oxygen atoms in total. The van der Waals surface area contributed by atoms with E-state index in [4.69, 9.17) is 4.42 Å². The third-order valence-corrected chi connectivity index (χ3v) is 4.22. The van der Waals surface area contributed by atoms with E-state index < -0.39 is 0 Å². The van der Waals surface area contributed by atoms with E-state index in [0.717, 1.165) is 27.7 Å². The number of aromatic nitrogens is 4. The number of hydrogen-bond donors (Lipinski definition) is 1. The second-order valence-corrected chi connectivity index (χ2v) is 6.54. The van der Waals surface area contributed by atoms with Crippen LogP contribution in [0.2, 0.25) is 0 Å². The summed E-state index contributed by atoms with van der Waals surface area (Å²) in [6, 6.07) is 5.64. The molecule has 0 radical (unpaired) electrons. The first-order valence-electron chi connectivity index (χ1n) is 8.48. The van der Waals surface area contributed by atoms with Gasteiger partial charge in [-0.25, -0.2) is 9.67 Å². The van der Waals surface area contributed by atoms with Crippen LogP contribution in [0.3, 0.4) is 0 Å². The molecule has 0 aliphatic rings. The third kappa shape index (κ3) is 2.81. The molecule has 26 heavy (non-hydrogen) atoms. The van der Waals surface area contributed by atoms with Gasteiger partial charge in [0.05, 0.1) is 23.7 Å². The second kappa shape index (κ2) is 6.25. The fraction of sp³-hybridized carbons (Fsp3) is 0.263. The average Bonchev–Trinajstić information content (AvgIpc) is 3.22. The number of nitrogens with one attached hydrogen (secondary N) is 1. The van der Waals surface area contributed by atoms with E-state index in [9.17, 15) is 4.79 Å². The SMILES string of the molecule is Cc1cc(C(=O)NCc2cc3cnccc3o2)c2cnn(C(C)C)c2n1. The van der Waals surface area contributed by atoms with Crippen LogP contribution >= 0.6 is 0 Å². The van der Waals surface area contributed by atoms with Crippen LogP contribution in [-0.4, -0.2) is 25.7 Å². The van der Waals surface area contributed by atoms with Crippen molar-refractivity contribution in [3.8, 4) is 0 Å². The molecule has 0 aliphatic heterocycles. The predicted molar refractivity (Wildman–Crippen MR) is 97.8 cm³/mol. The standard InChI is InChI=1S/C19H19N5O2/c1-11(2)24-18-16(10-22-24)15(6-12(3)23-18)19(25)21-9-14-7-13-8-20-5-4-17(13)26-14/h4-8,10-11H,9H2,1-3H3,(H,21,25).